The highest BCUT2D eigenvalue weighted by molar-refractivity contribution is 5.78. The molecular formula is C11H14FN3. The molecule has 1 aliphatic heterocycles. The van der Waals surface area contributed by atoms with Crippen LogP contribution in [0.2, 0.25) is 0 Å². The fourth-order valence-electron chi connectivity index (χ4n) is 1.78. The SMILES string of the molecule is CN1CC(c2cccc(F)c2)CN=C1N. The number of nitrogens with zero attached hydrogens (tertiary/aromatic N) is 2. The highest BCUT2D eigenvalue weighted by Gasteiger charge is 2.19. The Morgan fingerprint density at radius 2 is 2.33 bits per heavy atom. The Balaban J connectivity index is 2.20. The van der Waals surface area contributed by atoms with Gasteiger partial charge in [-0.2, -0.15) is 0 Å². The summed E-state index contributed by atoms with van der Waals surface area (Å²) >= 11 is 0. The zero-order valence-electron chi connectivity index (χ0n) is 8.65. The summed E-state index contributed by atoms with van der Waals surface area (Å²) in [6.07, 6.45) is 0. The van der Waals surface area contributed by atoms with Crippen molar-refractivity contribution in [1.82, 2.24) is 4.90 Å². The smallest absolute Gasteiger partial charge is 0.191 e. The van der Waals surface area contributed by atoms with Crippen LogP contribution in [0.4, 0.5) is 4.39 Å². The maximum atomic E-state index is 13.0. The second-order valence-corrected chi connectivity index (χ2v) is 3.83. The molecule has 0 bridgehead atoms. The summed E-state index contributed by atoms with van der Waals surface area (Å²) in [6, 6.07) is 6.67. The normalized spacial score (nSPS) is 21.3. The Bertz CT molecular complexity index is 389. The van der Waals surface area contributed by atoms with Gasteiger partial charge in [-0.1, -0.05) is 12.1 Å². The third-order valence-electron chi connectivity index (χ3n) is 2.68. The lowest BCUT2D eigenvalue weighted by Gasteiger charge is -2.28. The van der Waals surface area contributed by atoms with Crippen molar-refractivity contribution in [3.05, 3.63) is 35.6 Å². The lowest BCUT2D eigenvalue weighted by Crippen LogP contribution is -2.41. The molecule has 80 valence electrons. The Hall–Kier alpha value is -1.58. The van der Waals surface area contributed by atoms with Gasteiger partial charge < -0.3 is 10.6 Å². The van der Waals surface area contributed by atoms with Gasteiger partial charge in [-0.05, 0) is 17.7 Å². The van der Waals surface area contributed by atoms with E-state index in [4.69, 9.17) is 5.73 Å². The van der Waals surface area contributed by atoms with Gasteiger partial charge in [0.2, 0.25) is 0 Å². The number of likely N-dealkylation sites (N-methyl/N-ethyl adjacent to an activating group) is 1. The molecular weight excluding hydrogens is 193 g/mol. The Morgan fingerprint density at radius 1 is 1.53 bits per heavy atom. The maximum Gasteiger partial charge on any atom is 0.191 e. The van der Waals surface area contributed by atoms with Crippen LogP contribution in [-0.2, 0) is 0 Å². The molecule has 1 unspecified atom stereocenters. The van der Waals surface area contributed by atoms with Crippen LogP contribution in [0.15, 0.2) is 29.3 Å². The third-order valence-corrected chi connectivity index (χ3v) is 2.68. The molecule has 0 radical (unpaired) electrons. The number of aliphatic imine (C=N–C) groups is 1. The van der Waals surface area contributed by atoms with Crippen molar-refractivity contribution >= 4 is 5.96 Å². The van der Waals surface area contributed by atoms with Crippen LogP contribution in [0.1, 0.15) is 11.5 Å². The maximum absolute atomic E-state index is 13.0. The molecule has 1 aromatic rings. The van der Waals surface area contributed by atoms with E-state index in [9.17, 15) is 4.39 Å². The van der Waals surface area contributed by atoms with Crippen LogP contribution in [0.25, 0.3) is 0 Å². The van der Waals surface area contributed by atoms with E-state index >= 15 is 0 Å². The Kier molecular flexibility index (Phi) is 2.58. The number of nitrogens with two attached hydrogens (primary N) is 1. The van der Waals surface area contributed by atoms with E-state index in [0.717, 1.165) is 12.1 Å². The third kappa shape index (κ3) is 2.09. The second kappa shape index (κ2) is 3.88. The van der Waals surface area contributed by atoms with Gasteiger partial charge in [-0.25, -0.2) is 4.39 Å². The van der Waals surface area contributed by atoms with E-state index in [2.05, 4.69) is 4.99 Å². The number of hydrogen-bond donors (Lipinski definition) is 1. The zero-order chi connectivity index (χ0) is 10.8. The van der Waals surface area contributed by atoms with E-state index < -0.39 is 0 Å². The molecule has 15 heavy (non-hydrogen) atoms. The van der Waals surface area contributed by atoms with Gasteiger partial charge in [0.1, 0.15) is 5.82 Å². The minimum Gasteiger partial charge on any atom is -0.370 e. The van der Waals surface area contributed by atoms with Gasteiger partial charge in [-0.15, -0.1) is 0 Å². The van der Waals surface area contributed by atoms with Gasteiger partial charge in [0, 0.05) is 19.5 Å². The lowest BCUT2D eigenvalue weighted by atomic mass is 9.98. The van der Waals surface area contributed by atoms with Crippen molar-refractivity contribution in [3.63, 3.8) is 0 Å². The minimum absolute atomic E-state index is 0.197. The first kappa shape index (κ1) is 9.96. The van der Waals surface area contributed by atoms with Crippen molar-refractivity contribution < 1.29 is 4.39 Å². The lowest BCUT2D eigenvalue weighted by molar-refractivity contribution is 0.421. The zero-order valence-corrected chi connectivity index (χ0v) is 8.65. The van der Waals surface area contributed by atoms with E-state index in [1.54, 1.807) is 12.1 Å². The molecule has 3 nitrogen and oxygen atoms in total. The van der Waals surface area contributed by atoms with Crippen LogP contribution >= 0.6 is 0 Å². The van der Waals surface area contributed by atoms with Gasteiger partial charge >= 0.3 is 0 Å². The minimum atomic E-state index is -0.197. The van der Waals surface area contributed by atoms with Gasteiger partial charge in [0.05, 0.1) is 6.54 Å². The summed E-state index contributed by atoms with van der Waals surface area (Å²) < 4.78 is 13.0. The predicted octanol–water partition coefficient (Wildman–Crippen LogP) is 1.17. The van der Waals surface area contributed by atoms with Crippen molar-refractivity contribution in [2.45, 2.75) is 5.92 Å². The first-order valence-electron chi connectivity index (χ1n) is 4.93. The molecule has 1 aliphatic rings. The molecule has 0 aliphatic carbocycles. The van der Waals surface area contributed by atoms with Crippen LogP contribution in [0, 0.1) is 5.82 Å². The van der Waals surface area contributed by atoms with E-state index in [1.165, 1.54) is 6.07 Å². The van der Waals surface area contributed by atoms with E-state index in [-0.39, 0.29) is 11.7 Å². The Labute approximate surface area is 88.4 Å². The number of rotatable bonds is 1. The number of guanidine groups is 1. The summed E-state index contributed by atoms with van der Waals surface area (Å²) in [5.41, 5.74) is 6.63. The fourth-order valence-corrected chi connectivity index (χ4v) is 1.78. The van der Waals surface area contributed by atoms with Crippen LogP contribution in [0.3, 0.4) is 0 Å². The van der Waals surface area contributed by atoms with Gasteiger partial charge in [-0.3, -0.25) is 4.99 Å². The van der Waals surface area contributed by atoms with Crippen LogP contribution in [-0.4, -0.2) is 31.0 Å². The molecule has 1 atom stereocenters. The average Bonchev–Trinajstić information content (AvgIpc) is 2.22. The van der Waals surface area contributed by atoms with Crippen molar-refractivity contribution in [3.8, 4) is 0 Å². The van der Waals surface area contributed by atoms with Gasteiger partial charge in [0.15, 0.2) is 5.96 Å². The first-order chi connectivity index (χ1) is 7.16. The molecule has 0 saturated carbocycles. The summed E-state index contributed by atoms with van der Waals surface area (Å²) in [7, 11) is 1.89. The molecule has 0 saturated heterocycles. The standard InChI is InChI=1S/C11H14FN3/c1-15-7-9(6-14-11(15)13)8-3-2-4-10(12)5-8/h2-5,9H,6-7H2,1H3,(H2,13,14). The number of halogens is 1. The van der Waals surface area contributed by atoms with E-state index in [0.29, 0.717) is 12.5 Å². The molecule has 0 aromatic heterocycles. The highest BCUT2D eigenvalue weighted by Crippen LogP contribution is 2.20. The topological polar surface area (TPSA) is 41.6 Å². The second-order valence-electron chi connectivity index (χ2n) is 3.83. The largest absolute Gasteiger partial charge is 0.370 e. The van der Waals surface area contributed by atoms with Gasteiger partial charge in [0.25, 0.3) is 0 Å². The predicted molar refractivity (Wildman–Crippen MR) is 58.3 cm³/mol. The number of hydrogen-bond acceptors (Lipinski definition) is 3. The molecule has 2 N–H and O–H groups in total. The molecule has 4 heteroatoms. The monoisotopic (exact) mass is 207 g/mol. The molecule has 1 aromatic carbocycles. The van der Waals surface area contributed by atoms with Crippen molar-refractivity contribution in [1.29, 1.82) is 0 Å². The summed E-state index contributed by atoms with van der Waals surface area (Å²) in [5, 5.41) is 0. The summed E-state index contributed by atoms with van der Waals surface area (Å²) in [4.78, 5) is 6.08. The fraction of sp³-hybridized carbons (Fsp3) is 0.364. The van der Waals surface area contributed by atoms with E-state index in [1.807, 2.05) is 18.0 Å². The van der Waals surface area contributed by atoms with Crippen molar-refractivity contribution in [2.24, 2.45) is 10.7 Å². The molecule has 0 spiro atoms. The molecule has 1 heterocycles. The molecule has 2 rings (SSSR count). The first-order valence-corrected chi connectivity index (χ1v) is 4.93. The Morgan fingerprint density at radius 3 is 3.00 bits per heavy atom. The molecule has 0 fully saturated rings. The summed E-state index contributed by atoms with van der Waals surface area (Å²) in [5.74, 6) is 0.596. The highest BCUT2D eigenvalue weighted by atomic mass is 19.1. The number of benzene rings is 1. The van der Waals surface area contributed by atoms with Crippen LogP contribution in [0.5, 0.6) is 0 Å². The quantitative estimate of drug-likeness (QED) is 0.751. The van der Waals surface area contributed by atoms with Crippen LogP contribution < -0.4 is 5.73 Å². The summed E-state index contributed by atoms with van der Waals surface area (Å²) in [6.45, 7) is 1.43. The van der Waals surface area contributed by atoms with Crippen molar-refractivity contribution in [2.75, 3.05) is 20.1 Å². The molecule has 0 amide bonds. The average molecular weight is 207 g/mol.